The number of fused-ring (bicyclic) bond motifs is 4. The Morgan fingerprint density at radius 1 is 0.406 bits per heavy atom. The molecule has 0 N–H and O–H groups in total. The fourth-order valence-electron chi connectivity index (χ4n) is 10.0. The molecular formula is C54H50N8O2. The van der Waals surface area contributed by atoms with Crippen LogP contribution in [0.5, 0.6) is 23.0 Å². The van der Waals surface area contributed by atoms with E-state index in [2.05, 4.69) is 129 Å². The highest BCUT2D eigenvalue weighted by Crippen LogP contribution is 2.59. The molecule has 0 radical (unpaired) electrons. The lowest BCUT2D eigenvalue weighted by Crippen LogP contribution is -2.34. The first kappa shape index (κ1) is 39.4. The average molecular weight is 843 g/mol. The maximum Gasteiger partial charge on any atom is 0.157 e. The van der Waals surface area contributed by atoms with E-state index < -0.39 is 10.8 Å². The Bertz CT molecular complexity index is 2870. The van der Waals surface area contributed by atoms with Gasteiger partial charge in [0.15, 0.2) is 23.0 Å². The molecule has 0 saturated carbocycles. The van der Waals surface area contributed by atoms with Crippen molar-refractivity contribution < 1.29 is 9.47 Å². The molecule has 0 fully saturated rings. The van der Waals surface area contributed by atoms with Gasteiger partial charge in [-0.25, -0.2) is 18.7 Å². The Balaban J connectivity index is 1.27. The summed E-state index contributed by atoms with van der Waals surface area (Å²) in [5, 5.41) is 18.9. The van der Waals surface area contributed by atoms with Crippen molar-refractivity contribution in [2.24, 2.45) is 0 Å². The van der Waals surface area contributed by atoms with Crippen LogP contribution in [-0.2, 0) is 16.2 Å². The summed E-state index contributed by atoms with van der Waals surface area (Å²) in [4.78, 5) is 0. The zero-order valence-corrected chi connectivity index (χ0v) is 37.7. The molecule has 0 amide bonds. The van der Waals surface area contributed by atoms with Crippen LogP contribution < -0.4 is 9.47 Å². The molecule has 4 aromatic heterocycles. The highest BCUT2D eigenvalue weighted by atomic mass is 16.5. The van der Waals surface area contributed by atoms with E-state index in [0.29, 0.717) is 0 Å². The summed E-state index contributed by atoms with van der Waals surface area (Å²) in [5.74, 6) is 3.04. The van der Waals surface area contributed by atoms with E-state index in [4.69, 9.17) is 29.9 Å². The number of aryl methyl sites for hydroxylation is 4. The first-order valence-electron chi connectivity index (χ1n) is 21.8. The predicted molar refractivity (Wildman–Crippen MR) is 250 cm³/mol. The van der Waals surface area contributed by atoms with Crippen molar-refractivity contribution in [1.82, 2.24) is 39.1 Å². The van der Waals surface area contributed by atoms with Crippen molar-refractivity contribution in [2.75, 3.05) is 0 Å². The molecule has 0 bridgehead atoms. The van der Waals surface area contributed by atoms with E-state index in [-0.39, 0.29) is 5.41 Å². The summed E-state index contributed by atoms with van der Waals surface area (Å²) < 4.78 is 22.1. The normalized spacial score (nSPS) is 14.5. The van der Waals surface area contributed by atoms with Crippen LogP contribution >= 0.6 is 0 Å². The molecule has 0 atom stereocenters. The van der Waals surface area contributed by atoms with Crippen molar-refractivity contribution in [3.05, 3.63) is 202 Å². The standard InChI is InChI=1S/C54H50N8O2/c1-33-22-40-48(44(26-33)59-18-10-14-55-59)63-49-41(23-34(2)27-45(49)60-19-11-15-56-60)53(40,8)38-30-37(52(5,6)7)31-39(32-38)54(9)42-24-35(3)28-46(61-20-12-16-57-61)50(42)64-51-43(54)25-36(4)29-47(51)62-21-13-17-58-62/h10-32H,1-9H3. The molecule has 6 heterocycles. The Morgan fingerprint density at radius 3 is 0.922 bits per heavy atom. The first-order chi connectivity index (χ1) is 30.7. The predicted octanol–water partition coefficient (Wildman–Crippen LogP) is 11.9. The highest BCUT2D eigenvalue weighted by molar-refractivity contribution is 5.75. The minimum Gasteiger partial charge on any atom is -0.452 e. The molecule has 318 valence electrons. The molecule has 2 aliphatic rings. The molecule has 10 heteroatoms. The van der Waals surface area contributed by atoms with Gasteiger partial charge in [0.25, 0.3) is 0 Å². The topological polar surface area (TPSA) is 89.7 Å². The number of aromatic nitrogens is 8. The number of ether oxygens (including phenoxy) is 2. The fourth-order valence-corrected chi connectivity index (χ4v) is 10.0. The van der Waals surface area contributed by atoms with E-state index in [1.54, 1.807) is 0 Å². The number of benzene rings is 5. The van der Waals surface area contributed by atoms with Crippen LogP contribution in [0.2, 0.25) is 0 Å². The van der Waals surface area contributed by atoms with Crippen LogP contribution in [0.1, 0.15) is 95.8 Å². The van der Waals surface area contributed by atoms with Crippen LogP contribution in [-0.4, -0.2) is 39.1 Å². The molecule has 5 aromatic carbocycles. The molecule has 11 rings (SSSR count). The quantitative estimate of drug-likeness (QED) is 0.166. The van der Waals surface area contributed by atoms with E-state index >= 15 is 0 Å². The van der Waals surface area contributed by atoms with Gasteiger partial charge in [0, 0.05) is 82.7 Å². The van der Waals surface area contributed by atoms with Crippen LogP contribution in [0.25, 0.3) is 22.7 Å². The minimum absolute atomic E-state index is 0.232. The van der Waals surface area contributed by atoms with Crippen molar-refractivity contribution in [3.63, 3.8) is 0 Å². The van der Waals surface area contributed by atoms with Crippen LogP contribution in [0.3, 0.4) is 0 Å². The maximum atomic E-state index is 7.24. The Hall–Kier alpha value is -7.46. The van der Waals surface area contributed by atoms with E-state index in [0.717, 1.165) is 101 Å². The Labute approximate surface area is 373 Å². The monoisotopic (exact) mass is 842 g/mol. The fraction of sp³-hybridized carbons (Fsp3) is 0.222. The Kier molecular flexibility index (Phi) is 8.63. The highest BCUT2D eigenvalue weighted by Gasteiger charge is 2.47. The lowest BCUT2D eigenvalue weighted by Gasteiger charge is -2.43. The third-order valence-corrected chi connectivity index (χ3v) is 13.4. The van der Waals surface area contributed by atoms with Crippen molar-refractivity contribution in [3.8, 4) is 45.7 Å². The summed E-state index contributed by atoms with van der Waals surface area (Å²) in [6.07, 6.45) is 15.2. The first-order valence-corrected chi connectivity index (χ1v) is 21.8. The maximum absolute atomic E-state index is 7.24. The summed E-state index contributed by atoms with van der Waals surface area (Å²) in [7, 11) is 0. The molecule has 0 saturated heterocycles. The van der Waals surface area contributed by atoms with Crippen LogP contribution in [0.4, 0.5) is 0 Å². The van der Waals surface area contributed by atoms with Gasteiger partial charge in [0.05, 0.1) is 0 Å². The molecular weight excluding hydrogens is 793 g/mol. The van der Waals surface area contributed by atoms with Crippen molar-refractivity contribution in [2.45, 2.75) is 78.6 Å². The van der Waals surface area contributed by atoms with Gasteiger partial charge in [0.2, 0.25) is 0 Å². The van der Waals surface area contributed by atoms with Gasteiger partial charge in [-0.05, 0) is 134 Å². The van der Waals surface area contributed by atoms with E-state index in [1.165, 1.54) is 5.56 Å². The van der Waals surface area contributed by atoms with Crippen LogP contribution in [0.15, 0.2) is 141 Å². The van der Waals surface area contributed by atoms with Crippen molar-refractivity contribution in [1.29, 1.82) is 0 Å². The molecule has 10 nitrogen and oxygen atoms in total. The summed E-state index contributed by atoms with van der Waals surface area (Å²) >= 11 is 0. The summed E-state index contributed by atoms with van der Waals surface area (Å²) in [6.45, 7) is 20.3. The van der Waals surface area contributed by atoms with Crippen LogP contribution in [0, 0.1) is 27.7 Å². The zero-order chi connectivity index (χ0) is 44.3. The second kappa shape index (κ2) is 14.0. The molecule has 64 heavy (non-hydrogen) atoms. The third-order valence-electron chi connectivity index (χ3n) is 13.4. The van der Waals surface area contributed by atoms with E-state index in [1.807, 2.05) is 92.6 Å². The van der Waals surface area contributed by atoms with E-state index in [9.17, 15) is 0 Å². The molecule has 0 spiro atoms. The van der Waals surface area contributed by atoms with Gasteiger partial charge in [-0.15, -0.1) is 0 Å². The Morgan fingerprint density at radius 2 is 0.688 bits per heavy atom. The van der Waals surface area contributed by atoms with Gasteiger partial charge in [-0.3, -0.25) is 0 Å². The lowest BCUT2D eigenvalue weighted by molar-refractivity contribution is 0.416. The second-order valence-corrected chi connectivity index (χ2v) is 18.9. The summed E-state index contributed by atoms with van der Waals surface area (Å²) in [6, 6.07) is 32.9. The largest absolute Gasteiger partial charge is 0.452 e. The third kappa shape index (κ3) is 5.92. The average Bonchev–Trinajstić information content (AvgIpc) is 4.12. The second-order valence-electron chi connectivity index (χ2n) is 18.9. The minimum atomic E-state index is -0.729. The molecule has 2 aliphatic heterocycles. The van der Waals surface area contributed by atoms with Gasteiger partial charge in [-0.1, -0.05) is 63.2 Å². The SMILES string of the molecule is Cc1cc(-n2cccn2)c2c(c1)C(C)(c1cc(C(C)(C)C)cc(C3(C)c4cc(C)cc(-n5cccn5)c4Oc4c(-n5cccn5)cc(C)cc43)c1)c1cc(C)cc(-n3cccn3)c1O2. The molecule has 9 aromatic rings. The number of hydrogen-bond donors (Lipinski definition) is 0. The van der Waals surface area contributed by atoms with Crippen molar-refractivity contribution >= 4 is 0 Å². The molecule has 0 aliphatic carbocycles. The zero-order valence-electron chi connectivity index (χ0n) is 37.7. The van der Waals surface area contributed by atoms with Gasteiger partial charge >= 0.3 is 0 Å². The number of nitrogens with zero attached hydrogens (tertiary/aromatic N) is 8. The summed E-state index contributed by atoms with van der Waals surface area (Å²) in [5.41, 5.74) is 14.0. The van der Waals surface area contributed by atoms with Gasteiger partial charge in [-0.2, -0.15) is 20.4 Å². The molecule has 0 unspecified atom stereocenters. The number of hydrogen-bond acceptors (Lipinski definition) is 6. The lowest BCUT2D eigenvalue weighted by atomic mass is 9.63. The van der Waals surface area contributed by atoms with Gasteiger partial charge < -0.3 is 9.47 Å². The number of rotatable bonds is 6. The van der Waals surface area contributed by atoms with Gasteiger partial charge in [0.1, 0.15) is 22.7 Å². The smallest absolute Gasteiger partial charge is 0.157 e.